The second-order valence-corrected chi connectivity index (χ2v) is 4.17. The fraction of sp³-hybridized carbons (Fsp3) is 0.500. The largest absolute Gasteiger partial charge is 0.481 e. The maximum Gasteiger partial charge on any atom is 0.318 e. The summed E-state index contributed by atoms with van der Waals surface area (Å²) in [7, 11) is -1.86. The molecule has 2 unspecified atom stereocenters. The van der Waals surface area contributed by atoms with Gasteiger partial charge < -0.3 is 10.8 Å². The van der Waals surface area contributed by atoms with Crippen LogP contribution in [0.2, 0.25) is 0 Å². The number of urea groups is 1. The zero-order valence-corrected chi connectivity index (χ0v) is 8.17. The SMILES string of the molecule is CC(C(=O)NC(N)=O)S(=O)CC(=O)O. The number of carboxylic acids is 1. The van der Waals surface area contributed by atoms with E-state index in [1.54, 1.807) is 5.32 Å². The Labute approximate surface area is 82.1 Å². The van der Waals surface area contributed by atoms with Gasteiger partial charge in [0.25, 0.3) is 0 Å². The molecule has 8 heteroatoms. The average Bonchev–Trinajstić information content (AvgIpc) is 2.00. The van der Waals surface area contributed by atoms with Crippen LogP contribution in [0, 0.1) is 0 Å². The predicted octanol–water partition coefficient (Wildman–Crippen LogP) is -1.60. The summed E-state index contributed by atoms with van der Waals surface area (Å²) in [5.41, 5.74) is 4.65. The molecular formula is C6H10N2O5S. The molecule has 0 aliphatic carbocycles. The Morgan fingerprint density at radius 2 is 2.00 bits per heavy atom. The van der Waals surface area contributed by atoms with Crippen molar-refractivity contribution >= 4 is 28.7 Å². The molecule has 0 bridgehead atoms. The van der Waals surface area contributed by atoms with Crippen molar-refractivity contribution < 1.29 is 23.7 Å². The topological polar surface area (TPSA) is 127 Å². The minimum absolute atomic E-state index is 0.645. The van der Waals surface area contributed by atoms with Gasteiger partial charge in [-0.15, -0.1) is 0 Å². The molecule has 0 aromatic rings. The molecule has 0 aliphatic rings. The molecule has 80 valence electrons. The summed E-state index contributed by atoms with van der Waals surface area (Å²) in [6, 6.07) is -1.06. The first-order valence-electron chi connectivity index (χ1n) is 3.54. The van der Waals surface area contributed by atoms with Gasteiger partial charge in [0.2, 0.25) is 5.91 Å². The van der Waals surface area contributed by atoms with Gasteiger partial charge in [0.15, 0.2) is 0 Å². The second-order valence-electron chi connectivity index (χ2n) is 2.41. The molecule has 0 aromatic carbocycles. The van der Waals surface area contributed by atoms with Gasteiger partial charge in [-0.3, -0.25) is 19.1 Å². The lowest BCUT2D eigenvalue weighted by Gasteiger charge is -2.07. The number of imide groups is 1. The van der Waals surface area contributed by atoms with E-state index in [1.165, 1.54) is 6.92 Å². The number of hydrogen-bond acceptors (Lipinski definition) is 4. The Hall–Kier alpha value is -1.44. The van der Waals surface area contributed by atoms with Gasteiger partial charge in [0, 0.05) is 10.8 Å². The Balaban J connectivity index is 4.24. The minimum Gasteiger partial charge on any atom is -0.481 e. The number of nitrogens with two attached hydrogens (primary N) is 1. The van der Waals surface area contributed by atoms with E-state index in [-0.39, 0.29) is 0 Å². The number of carboxylic acid groups (broad SMARTS) is 1. The fourth-order valence-electron chi connectivity index (χ4n) is 0.589. The summed E-state index contributed by atoms with van der Waals surface area (Å²) < 4.78 is 11.1. The van der Waals surface area contributed by atoms with Crippen molar-refractivity contribution in [1.82, 2.24) is 5.32 Å². The number of rotatable bonds is 4. The molecule has 3 amide bonds. The fourth-order valence-corrected chi connectivity index (χ4v) is 1.38. The number of amides is 3. The molecule has 0 saturated carbocycles. The maximum absolute atomic E-state index is 11.1. The number of carbonyl (C=O) groups is 3. The Morgan fingerprint density at radius 3 is 2.36 bits per heavy atom. The normalized spacial score (nSPS) is 14.1. The van der Waals surface area contributed by atoms with E-state index in [9.17, 15) is 18.6 Å². The summed E-state index contributed by atoms with van der Waals surface area (Å²) in [5.74, 6) is -2.77. The third-order valence-corrected chi connectivity index (χ3v) is 2.81. The molecule has 0 aliphatic heterocycles. The van der Waals surface area contributed by atoms with Crippen molar-refractivity contribution in [3.05, 3.63) is 0 Å². The van der Waals surface area contributed by atoms with E-state index >= 15 is 0 Å². The van der Waals surface area contributed by atoms with E-state index in [4.69, 9.17) is 5.11 Å². The number of carbonyl (C=O) groups excluding carboxylic acids is 2. The van der Waals surface area contributed by atoms with Gasteiger partial charge >= 0.3 is 12.0 Å². The Bertz CT molecular complexity index is 262. The van der Waals surface area contributed by atoms with Crippen LogP contribution in [0.25, 0.3) is 0 Å². The van der Waals surface area contributed by atoms with Gasteiger partial charge in [0.05, 0.1) is 0 Å². The predicted molar refractivity (Wildman–Crippen MR) is 47.8 cm³/mol. The summed E-state index contributed by atoms with van der Waals surface area (Å²) in [6.45, 7) is 1.25. The molecule has 0 rings (SSSR count). The lowest BCUT2D eigenvalue weighted by molar-refractivity contribution is -0.134. The van der Waals surface area contributed by atoms with Crippen LogP contribution >= 0.6 is 0 Å². The van der Waals surface area contributed by atoms with Crippen LogP contribution in [-0.4, -0.2) is 38.2 Å². The molecular weight excluding hydrogens is 212 g/mol. The number of nitrogens with one attached hydrogen (secondary N) is 1. The van der Waals surface area contributed by atoms with Crippen LogP contribution in [0.1, 0.15) is 6.92 Å². The van der Waals surface area contributed by atoms with Gasteiger partial charge in [0.1, 0.15) is 11.0 Å². The molecule has 4 N–H and O–H groups in total. The molecule has 0 spiro atoms. The van der Waals surface area contributed by atoms with Crippen LogP contribution < -0.4 is 11.1 Å². The van der Waals surface area contributed by atoms with Crippen LogP contribution in [-0.2, 0) is 20.4 Å². The smallest absolute Gasteiger partial charge is 0.318 e. The number of aliphatic carboxylic acids is 1. The third kappa shape index (κ3) is 4.55. The highest BCUT2D eigenvalue weighted by molar-refractivity contribution is 7.87. The van der Waals surface area contributed by atoms with Crippen molar-refractivity contribution in [3.8, 4) is 0 Å². The van der Waals surface area contributed by atoms with Gasteiger partial charge in [-0.05, 0) is 6.92 Å². The van der Waals surface area contributed by atoms with Gasteiger partial charge in [-0.2, -0.15) is 0 Å². The molecule has 0 fully saturated rings. The monoisotopic (exact) mass is 222 g/mol. The first-order chi connectivity index (χ1) is 6.34. The van der Waals surface area contributed by atoms with Gasteiger partial charge in [-0.1, -0.05) is 0 Å². The summed E-state index contributed by atoms with van der Waals surface area (Å²) in [4.78, 5) is 31.4. The third-order valence-electron chi connectivity index (χ3n) is 1.28. The zero-order chi connectivity index (χ0) is 11.3. The van der Waals surface area contributed by atoms with Crippen LogP contribution in [0.4, 0.5) is 4.79 Å². The Morgan fingerprint density at radius 1 is 1.50 bits per heavy atom. The quantitative estimate of drug-likeness (QED) is 0.528. The van der Waals surface area contributed by atoms with E-state index in [0.29, 0.717) is 0 Å². The van der Waals surface area contributed by atoms with E-state index < -0.39 is 39.7 Å². The Kier molecular flexibility index (Phi) is 4.78. The summed E-state index contributed by atoms with van der Waals surface area (Å²) in [5, 5.41) is 8.91. The maximum atomic E-state index is 11.1. The van der Waals surface area contributed by atoms with Crippen molar-refractivity contribution in [2.24, 2.45) is 5.73 Å². The molecule has 14 heavy (non-hydrogen) atoms. The van der Waals surface area contributed by atoms with E-state index in [2.05, 4.69) is 5.73 Å². The van der Waals surface area contributed by atoms with Crippen molar-refractivity contribution in [1.29, 1.82) is 0 Å². The lowest BCUT2D eigenvalue weighted by Crippen LogP contribution is -2.42. The highest BCUT2D eigenvalue weighted by atomic mass is 32.2. The summed E-state index contributed by atoms with van der Waals surface area (Å²) >= 11 is 0. The van der Waals surface area contributed by atoms with Crippen LogP contribution in [0.3, 0.4) is 0 Å². The number of primary amides is 1. The van der Waals surface area contributed by atoms with Crippen LogP contribution in [0.15, 0.2) is 0 Å². The molecule has 0 heterocycles. The summed E-state index contributed by atoms with van der Waals surface area (Å²) in [6.07, 6.45) is 0. The zero-order valence-electron chi connectivity index (χ0n) is 7.35. The van der Waals surface area contributed by atoms with Gasteiger partial charge in [-0.25, -0.2) is 4.79 Å². The van der Waals surface area contributed by atoms with E-state index in [1.807, 2.05) is 0 Å². The first kappa shape index (κ1) is 12.6. The molecule has 0 aromatic heterocycles. The van der Waals surface area contributed by atoms with Crippen molar-refractivity contribution in [2.75, 3.05) is 5.75 Å². The number of hydrogen-bond donors (Lipinski definition) is 3. The highest BCUT2D eigenvalue weighted by Gasteiger charge is 2.22. The minimum atomic E-state index is -1.86. The lowest BCUT2D eigenvalue weighted by atomic mass is 10.4. The molecule has 2 atom stereocenters. The molecule has 7 nitrogen and oxygen atoms in total. The first-order valence-corrected chi connectivity index (χ1v) is 4.92. The van der Waals surface area contributed by atoms with E-state index in [0.717, 1.165) is 0 Å². The average molecular weight is 222 g/mol. The molecule has 0 saturated heterocycles. The second kappa shape index (κ2) is 5.32. The molecule has 0 radical (unpaired) electrons. The standard InChI is InChI=1S/C6H10N2O5S/c1-3(5(11)8-6(7)12)14(13)2-4(9)10/h3H,2H2,1H3,(H,9,10)(H3,7,8,11,12). The van der Waals surface area contributed by atoms with Crippen LogP contribution in [0.5, 0.6) is 0 Å². The van der Waals surface area contributed by atoms with Crippen molar-refractivity contribution in [3.63, 3.8) is 0 Å². The highest BCUT2D eigenvalue weighted by Crippen LogP contribution is 1.96. The van der Waals surface area contributed by atoms with Crippen molar-refractivity contribution in [2.45, 2.75) is 12.2 Å².